The van der Waals surface area contributed by atoms with Crippen LogP contribution >= 0.6 is 0 Å². The van der Waals surface area contributed by atoms with E-state index in [2.05, 4.69) is 60.4 Å². The highest BCUT2D eigenvalue weighted by Crippen LogP contribution is 2.30. The molecule has 0 radical (unpaired) electrons. The minimum atomic E-state index is 0.126. The van der Waals surface area contributed by atoms with Gasteiger partial charge >= 0.3 is 0 Å². The zero-order valence-electron chi connectivity index (χ0n) is 16.6. The molecule has 4 aromatic heterocycles. The van der Waals surface area contributed by atoms with Gasteiger partial charge in [-0.25, -0.2) is 19.5 Å². The van der Waals surface area contributed by atoms with Crippen LogP contribution in [0.5, 0.6) is 0 Å². The molecule has 0 saturated carbocycles. The van der Waals surface area contributed by atoms with Gasteiger partial charge in [-0.05, 0) is 26.0 Å². The Morgan fingerprint density at radius 3 is 2.87 bits per heavy atom. The molecule has 5 rings (SSSR count). The summed E-state index contributed by atoms with van der Waals surface area (Å²) in [5.74, 6) is 0.834. The highest BCUT2D eigenvalue weighted by Gasteiger charge is 2.33. The van der Waals surface area contributed by atoms with Gasteiger partial charge in [0.15, 0.2) is 11.3 Å². The van der Waals surface area contributed by atoms with Crippen LogP contribution < -0.4 is 10.2 Å². The normalized spacial score (nSPS) is 21.6. The second kappa shape index (κ2) is 7.20. The lowest BCUT2D eigenvalue weighted by molar-refractivity contribution is 0.333. The Kier molecular flexibility index (Phi) is 4.37. The number of rotatable bonds is 3. The molecule has 10 nitrogen and oxygen atoms in total. The number of imidazole rings is 1. The van der Waals surface area contributed by atoms with Gasteiger partial charge in [0.2, 0.25) is 0 Å². The van der Waals surface area contributed by atoms with E-state index < -0.39 is 0 Å². The average molecular weight is 400 g/mol. The van der Waals surface area contributed by atoms with Crippen molar-refractivity contribution in [3.8, 4) is 17.5 Å². The first-order valence-electron chi connectivity index (χ1n) is 9.72. The number of anilines is 1. The van der Waals surface area contributed by atoms with Crippen molar-refractivity contribution in [3.05, 3.63) is 54.4 Å². The summed E-state index contributed by atoms with van der Waals surface area (Å²) in [4.78, 5) is 15.7. The number of hydrogen-bond donors (Lipinski definition) is 2. The topological polar surface area (TPSA) is 124 Å². The molecule has 150 valence electrons. The first-order chi connectivity index (χ1) is 14.6. The number of H-pyrrole nitrogens is 1. The molecule has 1 fully saturated rings. The molecule has 3 unspecified atom stereocenters. The van der Waals surface area contributed by atoms with Gasteiger partial charge in [0.1, 0.15) is 23.9 Å². The van der Waals surface area contributed by atoms with Gasteiger partial charge < -0.3 is 10.2 Å². The van der Waals surface area contributed by atoms with Crippen molar-refractivity contribution in [2.24, 2.45) is 0 Å². The van der Waals surface area contributed by atoms with E-state index in [0.717, 1.165) is 17.9 Å². The van der Waals surface area contributed by atoms with Gasteiger partial charge in [-0.1, -0.05) is 0 Å². The monoisotopic (exact) mass is 400 g/mol. The third kappa shape index (κ3) is 3.05. The van der Waals surface area contributed by atoms with Crippen molar-refractivity contribution >= 4 is 11.5 Å². The summed E-state index contributed by atoms with van der Waals surface area (Å²) in [6.07, 6.45) is 7.05. The third-order valence-corrected chi connectivity index (χ3v) is 5.47. The molecule has 2 N–H and O–H groups in total. The van der Waals surface area contributed by atoms with Crippen molar-refractivity contribution in [1.29, 1.82) is 5.26 Å². The molecule has 4 aromatic rings. The van der Waals surface area contributed by atoms with Crippen LogP contribution in [0.4, 0.5) is 5.82 Å². The Balaban J connectivity index is 1.53. The first-order valence-corrected chi connectivity index (χ1v) is 9.72. The molecule has 0 aromatic carbocycles. The van der Waals surface area contributed by atoms with Crippen LogP contribution in [0.25, 0.3) is 17.0 Å². The highest BCUT2D eigenvalue weighted by atomic mass is 15.3. The van der Waals surface area contributed by atoms with Crippen LogP contribution in [-0.2, 0) is 0 Å². The SMILES string of the molecule is CC1CN(c2cc(-c3cnc4ccc(C#N)nn34)ncn2)C(C)C(c2cn[nH]c2)N1. The number of aromatic amines is 1. The van der Waals surface area contributed by atoms with E-state index in [1.165, 1.54) is 0 Å². The number of nitrogens with zero attached hydrogens (tertiary/aromatic N) is 8. The van der Waals surface area contributed by atoms with E-state index in [4.69, 9.17) is 0 Å². The van der Waals surface area contributed by atoms with E-state index >= 15 is 0 Å². The largest absolute Gasteiger partial charge is 0.350 e. The standard InChI is InChI=1S/C20H20N10/c1-12-10-29(13(2)20(27-12)14-7-25-26-8-14)19-5-16(23-11-24-19)17-9-22-18-4-3-15(6-21)28-30(17)18/h3-5,7-9,11-13,20,27H,10H2,1-2H3,(H,25,26). The molecular formula is C20H20N10. The second-order valence-electron chi connectivity index (χ2n) is 7.48. The van der Waals surface area contributed by atoms with Crippen molar-refractivity contribution < 1.29 is 0 Å². The van der Waals surface area contributed by atoms with Gasteiger partial charge in [-0.3, -0.25) is 5.10 Å². The first kappa shape index (κ1) is 18.2. The Hall–Kier alpha value is -3.84. The predicted molar refractivity (Wildman–Crippen MR) is 109 cm³/mol. The summed E-state index contributed by atoms with van der Waals surface area (Å²) in [6.45, 7) is 5.15. The third-order valence-electron chi connectivity index (χ3n) is 5.47. The lowest BCUT2D eigenvalue weighted by Gasteiger charge is -2.43. The minimum absolute atomic E-state index is 0.126. The van der Waals surface area contributed by atoms with Crippen LogP contribution in [-0.4, -0.2) is 53.4 Å². The van der Waals surface area contributed by atoms with Gasteiger partial charge in [0.25, 0.3) is 0 Å². The van der Waals surface area contributed by atoms with E-state index in [-0.39, 0.29) is 18.1 Å². The summed E-state index contributed by atoms with van der Waals surface area (Å²) in [7, 11) is 0. The number of nitriles is 1. The maximum absolute atomic E-state index is 9.18. The molecule has 3 atom stereocenters. The average Bonchev–Trinajstić information content (AvgIpc) is 3.44. The zero-order valence-corrected chi connectivity index (χ0v) is 16.6. The summed E-state index contributed by atoms with van der Waals surface area (Å²) in [5.41, 5.74) is 3.52. The Bertz CT molecular complexity index is 1220. The van der Waals surface area contributed by atoms with Crippen LogP contribution in [0.3, 0.4) is 0 Å². The van der Waals surface area contributed by atoms with Gasteiger partial charge in [0.05, 0.1) is 24.1 Å². The van der Waals surface area contributed by atoms with E-state index in [9.17, 15) is 5.26 Å². The second-order valence-corrected chi connectivity index (χ2v) is 7.48. The van der Waals surface area contributed by atoms with E-state index in [1.807, 2.05) is 18.5 Å². The van der Waals surface area contributed by atoms with Gasteiger partial charge in [-0.2, -0.15) is 15.5 Å². The number of nitrogens with one attached hydrogen (secondary N) is 2. The zero-order chi connectivity index (χ0) is 20.7. The Labute approximate surface area is 172 Å². The van der Waals surface area contributed by atoms with Crippen molar-refractivity contribution in [3.63, 3.8) is 0 Å². The molecule has 0 bridgehead atoms. The number of aromatic nitrogens is 7. The van der Waals surface area contributed by atoms with Crippen LogP contribution in [0.1, 0.15) is 31.1 Å². The van der Waals surface area contributed by atoms with Crippen molar-refractivity contribution in [2.45, 2.75) is 32.0 Å². The van der Waals surface area contributed by atoms with Gasteiger partial charge in [0, 0.05) is 36.5 Å². The fourth-order valence-electron chi connectivity index (χ4n) is 4.00. The molecule has 1 aliphatic rings. The Morgan fingerprint density at radius 2 is 2.07 bits per heavy atom. The Morgan fingerprint density at radius 1 is 1.17 bits per heavy atom. The summed E-state index contributed by atoms with van der Waals surface area (Å²) in [6, 6.07) is 7.99. The smallest absolute Gasteiger partial charge is 0.161 e. The number of piperazine rings is 1. The minimum Gasteiger partial charge on any atom is -0.350 e. The molecule has 0 aliphatic carbocycles. The quantitative estimate of drug-likeness (QED) is 0.533. The van der Waals surface area contributed by atoms with Crippen LogP contribution in [0.15, 0.2) is 43.1 Å². The van der Waals surface area contributed by atoms with Gasteiger partial charge in [-0.15, -0.1) is 0 Å². The lowest BCUT2D eigenvalue weighted by atomic mass is 9.97. The lowest BCUT2D eigenvalue weighted by Crippen LogP contribution is -2.56. The summed E-state index contributed by atoms with van der Waals surface area (Å²) >= 11 is 0. The van der Waals surface area contributed by atoms with Crippen LogP contribution in [0.2, 0.25) is 0 Å². The van der Waals surface area contributed by atoms with Crippen molar-refractivity contribution in [1.82, 2.24) is 40.1 Å². The fraction of sp³-hybridized carbons (Fsp3) is 0.300. The predicted octanol–water partition coefficient (Wildman–Crippen LogP) is 1.71. The van der Waals surface area contributed by atoms with Crippen molar-refractivity contribution in [2.75, 3.05) is 11.4 Å². The van der Waals surface area contributed by atoms with Crippen LogP contribution in [0, 0.1) is 11.3 Å². The summed E-state index contributed by atoms with van der Waals surface area (Å²) in [5, 5.41) is 24.2. The maximum Gasteiger partial charge on any atom is 0.161 e. The molecular weight excluding hydrogens is 380 g/mol. The molecule has 5 heterocycles. The summed E-state index contributed by atoms with van der Waals surface area (Å²) < 4.78 is 1.64. The fourth-order valence-corrected chi connectivity index (χ4v) is 4.00. The maximum atomic E-state index is 9.18. The molecule has 1 aliphatic heterocycles. The number of fused-ring (bicyclic) bond motifs is 1. The molecule has 1 saturated heterocycles. The van der Waals surface area contributed by atoms with E-state index in [1.54, 1.807) is 29.2 Å². The molecule has 0 spiro atoms. The highest BCUT2D eigenvalue weighted by molar-refractivity contribution is 5.63. The molecule has 10 heteroatoms. The molecule has 30 heavy (non-hydrogen) atoms. The number of hydrogen-bond acceptors (Lipinski definition) is 8. The van der Waals surface area contributed by atoms with E-state index in [0.29, 0.717) is 22.7 Å². The molecule has 0 amide bonds.